The van der Waals surface area contributed by atoms with Crippen LogP contribution in [0.2, 0.25) is 0 Å². The molecule has 0 heterocycles. The van der Waals surface area contributed by atoms with Crippen LogP contribution in [0.3, 0.4) is 0 Å². The maximum absolute atomic E-state index is 12.5. The van der Waals surface area contributed by atoms with Gasteiger partial charge in [-0.1, -0.05) is 38.1 Å². The number of likely N-dealkylation sites (N-methyl/N-ethyl adjacent to an activating group) is 1. The SMILES string of the molecule is CC(C)Cc1ccccc1C(C)C(=O)NC(CN(C)C)C(=O)O.[H-].[Na+]. The van der Waals surface area contributed by atoms with E-state index in [0.29, 0.717) is 5.92 Å². The van der Waals surface area contributed by atoms with Crippen molar-refractivity contribution in [1.82, 2.24) is 10.2 Å². The van der Waals surface area contributed by atoms with Gasteiger partial charge in [-0.15, -0.1) is 0 Å². The average molecular weight is 344 g/mol. The minimum absolute atomic E-state index is 0. The zero-order valence-electron chi connectivity index (χ0n) is 16.7. The molecule has 0 aromatic heterocycles. The predicted octanol–water partition coefficient (Wildman–Crippen LogP) is -0.764. The molecule has 1 aromatic carbocycles. The normalized spacial score (nSPS) is 13.3. The van der Waals surface area contributed by atoms with Crippen LogP contribution in [0.1, 0.15) is 39.2 Å². The maximum atomic E-state index is 12.5. The molecule has 130 valence electrons. The first-order chi connectivity index (χ1) is 10.7. The second-order valence-corrected chi connectivity index (χ2v) is 6.68. The van der Waals surface area contributed by atoms with Crippen LogP contribution in [0, 0.1) is 5.92 Å². The van der Waals surface area contributed by atoms with Gasteiger partial charge in [0.25, 0.3) is 0 Å². The number of benzene rings is 1. The molecule has 1 rings (SSSR count). The Balaban J connectivity index is 0. The number of nitrogens with one attached hydrogen (secondary N) is 1. The van der Waals surface area contributed by atoms with E-state index < -0.39 is 12.0 Å². The van der Waals surface area contributed by atoms with Gasteiger partial charge in [-0.05, 0) is 44.5 Å². The molecule has 0 aliphatic carbocycles. The first-order valence-corrected chi connectivity index (χ1v) is 7.98. The molecule has 0 saturated heterocycles. The third kappa shape index (κ3) is 7.34. The summed E-state index contributed by atoms with van der Waals surface area (Å²) in [6, 6.07) is 6.96. The Bertz CT molecular complexity index is 553. The fourth-order valence-corrected chi connectivity index (χ4v) is 2.57. The van der Waals surface area contributed by atoms with Crippen molar-refractivity contribution in [2.24, 2.45) is 5.92 Å². The standard InChI is InChI=1S/C18H28N2O3.Na.H/c1-12(2)10-14-8-6-7-9-15(14)13(3)17(21)19-16(18(22)23)11-20(4)5;;/h6-9,12-13,16H,10-11H2,1-5H3,(H,19,21)(H,22,23);;/q;+1;-1. The summed E-state index contributed by atoms with van der Waals surface area (Å²) in [5.41, 5.74) is 2.11. The van der Waals surface area contributed by atoms with Crippen molar-refractivity contribution in [3.05, 3.63) is 35.4 Å². The van der Waals surface area contributed by atoms with Crippen molar-refractivity contribution < 1.29 is 45.7 Å². The molecule has 0 aliphatic rings. The van der Waals surface area contributed by atoms with Gasteiger partial charge in [-0.3, -0.25) is 4.79 Å². The van der Waals surface area contributed by atoms with Crippen molar-refractivity contribution >= 4 is 11.9 Å². The molecule has 0 saturated carbocycles. The summed E-state index contributed by atoms with van der Waals surface area (Å²) in [5, 5.41) is 11.9. The van der Waals surface area contributed by atoms with Gasteiger partial charge >= 0.3 is 35.5 Å². The first kappa shape index (κ1) is 23.1. The van der Waals surface area contributed by atoms with E-state index in [9.17, 15) is 14.7 Å². The number of hydrogen-bond donors (Lipinski definition) is 2. The molecular weight excluding hydrogens is 315 g/mol. The molecule has 2 unspecified atom stereocenters. The summed E-state index contributed by atoms with van der Waals surface area (Å²) >= 11 is 0. The monoisotopic (exact) mass is 344 g/mol. The molecule has 1 amide bonds. The molecule has 0 bridgehead atoms. The number of amides is 1. The Hall–Kier alpha value is -0.880. The van der Waals surface area contributed by atoms with Crippen LogP contribution >= 0.6 is 0 Å². The van der Waals surface area contributed by atoms with Crippen LogP contribution in [-0.4, -0.2) is 48.6 Å². The molecule has 0 spiro atoms. The number of hydrogen-bond acceptors (Lipinski definition) is 3. The van der Waals surface area contributed by atoms with Crippen molar-refractivity contribution in [3.8, 4) is 0 Å². The van der Waals surface area contributed by atoms with E-state index in [1.54, 1.807) is 19.0 Å². The van der Waals surface area contributed by atoms with Crippen LogP contribution in [0.5, 0.6) is 0 Å². The molecular formula is C18H29N2NaO3. The maximum Gasteiger partial charge on any atom is 1.00 e. The number of aliphatic carboxylic acids is 1. The fraction of sp³-hybridized carbons (Fsp3) is 0.556. The van der Waals surface area contributed by atoms with Gasteiger partial charge in [0.2, 0.25) is 5.91 Å². The quantitative estimate of drug-likeness (QED) is 0.608. The number of carbonyl (C=O) groups is 2. The van der Waals surface area contributed by atoms with Gasteiger partial charge in [-0.2, -0.15) is 0 Å². The third-order valence-corrected chi connectivity index (χ3v) is 3.71. The van der Waals surface area contributed by atoms with Gasteiger partial charge in [0.1, 0.15) is 6.04 Å². The smallest absolute Gasteiger partial charge is 1.00 e. The Morgan fingerprint density at radius 1 is 1.21 bits per heavy atom. The minimum atomic E-state index is -1.02. The second-order valence-electron chi connectivity index (χ2n) is 6.68. The molecule has 24 heavy (non-hydrogen) atoms. The average Bonchev–Trinajstić information content (AvgIpc) is 2.45. The van der Waals surface area contributed by atoms with E-state index in [0.717, 1.165) is 17.5 Å². The molecule has 0 radical (unpaired) electrons. The van der Waals surface area contributed by atoms with Gasteiger partial charge in [0.05, 0.1) is 5.92 Å². The third-order valence-electron chi connectivity index (χ3n) is 3.71. The fourth-order valence-electron chi connectivity index (χ4n) is 2.57. The van der Waals surface area contributed by atoms with Crippen molar-refractivity contribution in [2.45, 2.75) is 39.2 Å². The summed E-state index contributed by atoms with van der Waals surface area (Å²) in [6.45, 7) is 6.36. The van der Waals surface area contributed by atoms with Gasteiger partial charge in [0, 0.05) is 6.54 Å². The van der Waals surface area contributed by atoms with Gasteiger partial charge in [-0.25, -0.2) is 4.79 Å². The van der Waals surface area contributed by atoms with E-state index >= 15 is 0 Å². The van der Waals surface area contributed by atoms with Crippen LogP contribution in [0.4, 0.5) is 0 Å². The summed E-state index contributed by atoms with van der Waals surface area (Å²) in [7, 11) is 3.56. The summed E-state index contributed by atoms with van der Waals surface area (Å²) in [5.74, 6) is -1.16. The zero-order valence-corrected chi connectivity index (χ0v) is 17.7. The molecule has 2 atom stereocenters. The number of carbonyl (C=O) groups excluding carboxylic acids is 1. The predicted molar refractivity (Wildman–Crippen MR) is 92.6 cm³/mol. The molecule has 0 fully saturated rings. The largest absolute Gasteiger partial charge is 1.00 e. The Labute approximate surface area is 168 Å². The second kappa shape index (κ2) is 10.9. The first-order valence-electron chi connectivity index (χ1n) is 7.98. The number of carboxylic acid groups (broad SMARTS) is 1. The minimum Gasteiger partial charge on any atom is -1.00 e. The Kier molecular flexibility index (Phi) is 10.5. The summed E-state index contributed by atoms with van der Waals surface area (Å²) < 4.78 is 0. The van der Waals surface area contributed by atoms with E-state index in [1.165, 1.54) is 0 Å². The number of nitrogens with zero attached hydrogens (tertiary/aromatic N) is 1. The van der Waals surface area contributed by atoms with E-state index in [1.807, 2.05) is 31.2 Å². The van der Waals surface area contributed by atoms with E-state index in [-0.39, 0.29) is 49.4 Å². The Morgan fingerprint density at radius 3 is 2.29 bits per heavy atom. The molecule has 6 heteroatoms. The Morgan fingerprint density at radius 2 is 1.79 bits per heavy atom. The molecule has 1 aromatic rings. The van der Waals surface area contributed by atoms with Gasteiger partial charge in [0.15, 0.2) is 0 Å². The van der Waals surface area contributed by atoms with Crippen molar-refractivity contribution in [3.63, 3.8) is 0 Å². The summed E-state index contributed by atoms with van der Waals surface area (Å²) in [6.07, 6.45) is 0.897. The van der Waals surface area contributed by atoms with Crippen LogP contribution in [-0.2, 0) is 16.0 Å². The van der Waals surface area contributed by atoms with Crippen molar-refractivity contribution in [2.75, 3.05) is 20.6 Å². The van der Waals surface area contributed by atoms with Crippen LogP contribution < -0.4 is 34.9 Å². The molecule has 0 aliphatic heterocycles. The van der Waals surface area contributed by atoms with Crippen LogP contribution in [0.25, 0.3) is 0 Å². The molecule has 2 N–H and O–H groups in total. The van der Waals surface area contributed by atoms with Gasteiger partial charge < -0.3 is 16.7 Å². The van der Waals surface area contributed by atoms with E-state index in [2.05, 4.69) is 19.2 Å². The topological polar surface area (TPSA) is 69.6 Å². The number of rotatable bonds is 8. The molecule has 5 nitrogen and oxygen atoms in total. The zero-order chi connectivity index (χ0) is 17.6. The van der Waals surface area contributed by atoms with Crippen LogP contribution in [0.15, 0.2) is 24.3 Å². The summed E-state index contributed by atoms with van der Waals surface area (Å²) in [4.78, 5) is 25.5. The number of carboxylic acids is 1. The van der Waals surface area contributed by atoms with E-state index in [4.69, 9.17) is 0 Å². The van der Waals surface area contributed by atoms with Crippen molar-refractivity contribution in [1.29, 1.82) is 0 Å².